The molecule has 25 heavy (non-hydrogen) atoms. The Hall–Kier alpha value is -2.25. The molecule has 0 saturated carbocycles. The molecule has 3 rings (SSSR count). The fourth-order valence-corrected chi connectivity index (χ4v) is 2.74. The highest BCUT2D eigenvalue weighted by Crippen LogP contribution is 2.39. The lowest BCUT2D eigenvalue weighted by Gasteiger charge is -2.17. The van der Waals surface area contributed by atoms with Crippen molar-refractivity contribution in [3.05, 3.63) is 53.1 Å². The summed E-state index contributed by atoms with van der Waals surface area (Å²) in [5, 5.41) is 0. The summed E-state index contributed by atoms with van der Waals surface area (Å²) in [7, 11) is 1.99. The fraction of sp³-hybridized carbons (Fsp3) is 0.333. The fourth-order valence-electron chi connectivity index (χ4n) is 2.74. The number of nitrogens with zero attached hydrogens (tertiary/aromatic N) is 1. The smallest absolute Gasteiger partial charge is 0.416 e. The first kappa shape index (κ1) is 17.6. The summed E-state index contributed by atoms with van der Waals surface area (Å²) in [6.45, 7) is 2.31. The number of likely N-dealkylation sites (N-methyl/N-ethyl adjacent to an activating group) is 1. The van der Waals surface area contributed by atoms with E-state index in [1.807, 2.05) is 13.1 Å². The largest absolute Gasteiger partial charge is 0.488 e. The molecule has 0 saturated heterocycles. The molecule has 0 fully saturated rings. The van der Waals surface area contributed by atoms with Crippen LogP contribution in [0.5, 0.6) is 17.2 Å². The molecule has 2 N–H and O–H groups in total. The van der Waals surface area contributed by atoms with E-state index in [0.717, 1.165) is 29.8 Å². The highest BCUT2D eigenvalue weighted by atomic mass is 19.4. The first-order chi connectivity index (χ1) is 11.9. The average Bonchev–Trinajstić information content (AvgIpc) is 2.76. The van der Waals surface area contributed by atoms with E-state index in [4.69, 9.17) is 15.2 Å². The van der Waals surface area contributed by atoms with Crippen LogP contribution in [0.25, 0.3) is 0 Å². The minimum absolute atomic E-state index is 0.317. The van der Waals surface area contributed by atoms with Crippen LogP contribution in [0.2, 0.25) is 0 Å². The maximum Gasteiger partial charge on any atom is 0.416 e. The molecule has 0 atom stereocenters. The van der Waals surface area contributed by atoms with E-state index in [2.05, 4.69) is 4.90 Å². The number of ether oxygens (including phenoxy) is 2. The molecule has 2 aromatic carbocycles. The standard InChI is InChI=1S/C18H19F3N2O2/c1-23-8-9-24-17-15(11-23)12(10-22)2-7-16(17)25-14-5-3-13(4-6-14)18(19,20)21/h2-7H,8-11,22H2,1H3. The summed E-state index contributed by atoms with van der Waals surface area (Å²) < 4.78 is 49.6. The van der Waals surface area contributed by atoms with Gasteiger partial charge in [-0.25, -0.2) is 0 Å². The Bertz CT molecular complexity index is 745. The van der Waals surface area contributed by atoms with Crippen molar-refractivity contribution in [2.75, 3.05) is 20.2 Å². The third-order valence-electron chi connectivity index (χ3n) is 4.10. The van der Waals surface area contributed by atoms with Crippen molar-refractivity contribution in [3.8, 4) is 17.2 Å². The molecule has 7 heteroatoms. The lowest BCUT2D eigenvalue weighted by Crippen LogP contribution is -2.20. The molecule has 0 bridgehead atoms. The highest BCUT2D eigenvalue weighted by Gasteiger charge is 2.30. The van der Waals surface area contributed by atoms with Crippen LogP contribution in [0.1, 0.15) is 16.7 Å². The molecule has 4 nitrogen and oxygen atoms in total. The molecular formula is C18H19F3N2O2. The lowest BCUT2D eigenvalue weighted by atomic mass is 10.1. The van der Waals surface area contributed by atoms with Gasteiger partial charge in [0.1, 0.15) is 12.4 Å². The highest BCUT2D eigenvalue weighted by molar-refractivity contribution is 5.52. The molecule has 0 aromatic heterocycles. The van der Waals surface area contributed by atoms with E-state index in [-0.39, 0.29) is 0 Å². The van der Waals surface area contributed by atoms with Crippen molar-refractivity contribution in [2.24, 2.45) is 5.73 Å². The van der Waals surface area contributed by atoms with Crippen molar-refractivity contribution in [1.29, 1.82) is 0 Å². The van der Waals surface area contributed by atoms with Gasteiger partial charge in [-0.05, 0) is 42.9 Å². The van der Waals surface area contributed by atoms with E-state index in [1.165, 1.54) is 12.1 Å². The third-order valence-corrected chi connectivity index (χ3v) is 4.10. The second kappa shape index (κ2) is 6.93. The van der Waals surface area contributed by atoms with Crippen LogP contribution in [-0.4, -0.2) is 25.1 Å². The van der Waals surface area contributed by atoms with Gasteiger partial charge >= 0.3 is 6.18 Å². The van der Waals surface area contributed by atoms with Gasteiger partial charge in [0.15, 0.2) is 11.5 Å². The molecule has 1 heterocycles. The Balaban J connectivity index is 1.91. The second-order valence-corrected chi connectivity index (χ2v) is 5.95. The molecule has 0 radical (unpaired) electrons. The van der Waals surface area contributed by atoms with E-state index in [1.54, 1.807) is 6.07 Å². The molecule has 0 aliphatic carbocycles. The predicted molar refractivity (Wildman–Crippen MR) is 87.7 cm³/mol. The van der Waals surface area contributed by atoms with Crippen molar-refractivity contribution in [2.45, 2.75) is 19.3 Å². The van der Waals surface area contributed by atoms with Gasteiger partial charge in [0.05, 0.1) is 5.56 Å². The molecule has 1 aliphatic rings. The summed E-state index contributed by atoms with van der Waals surface area (Å²) in [6, 6.07) is 8.20. The number of halogens is 3. The summed E-state index contributed by atoms with van der Waals surface area (Å²) in [4.78, 5) is 2.12. The SMILES string of the molecule is CN1CCOc2c(Oc3ccc(C(F)(F)F)cc3)ccc(CN)c2C1. The number of fused-ring (bicyclic) bond motifs is 1. The number of rotatable bonds is 3. The van der Waals surface area contributed by atoms with Gasteiger partial charge in [-0.2, -0.15) is 13.2 Å². The summed E-state index contributed by atoms with van der Waals surface area (Å²) in [6.07, 6.45) is -4.37. The van der Waals surface area contributed by atoms with Crippen molar-refractivity contribution in [1.82, 2.24) is 4.90 Å². The summed E-state index contributed by atoms with van der Waals surface area (Å²) in [5.41, 5.74) is 7.01. The predicted octanol–water partition coefficient (Wildman–Crippen LogP) is 3.78. The maximum absolute atomic E-state index is 12.7. The Morgan fingerprint density at radius 2 is 1.88 bits per heavy atom. The van der Waals surface area contributed by atoms with Crippen LogP contribution in [0.3, 0.4) is 0 Å². The van der Waals surface area contributed by atoms with E-state index < -0.39 is 11.7 Å². The zero-order valence-electron chi connectivity index (χ0n) is 13.8. The maximum atomic E-state index is 12.7. The number of benzene rings is 2. The van der Waals surface area contributed by atoms with Crippen LogP contribution in [0.15, 0.2) is 36.4 Å². The Morgan fingerprint density at radius 1 is 1.16 bits per heavy atom. The number of hydrogen-bond donors (Lipinski definition) is 1. The normalized spacial score (nSPS) is 15.2. The number of nitrogens with two attached hydrogens (primary N) is 1. The number of hydrogen-bond acceptors (Lipinski definition) is 4. The molecule has 134 valence electrons. The van der Waals surface area contributed by atoms with Gasteiger partial charge in [0, 0.05) is 25.2 Å². The average molecular weight is 352 g/mol. The lowest BCUT2D eigenvalue weighted by molar-refractivity contribution is -0.137. The van der Waals surface area contributed by atoms with Crippen LogP contribution >= 0.6 is 0 Å². The van der Waals surface area contributed by atoms with Crippen molar-refractivity contribution in [3.63, 3.8) is 0 Å². The molecule has 1 aliphatic heterocycles. The third kappa shape index (κ3) is 3.88. The Labute approximate surface area is 143 Å². The van der Waals surface area contributed by atoms with Gasteiger partial charge in [0.2, 0.25) is 0 Å². The van der Waals surface area contributed by atoms with Gasteiger partial charge in [-0.1, -0.05) is 6.07 Å². The van der Waals surface area contributed by atoms with Gasteiger partial charge in [0.25, 0.3) is 0 Å². The van der Waals surface area contributed by atoms with Crippen LogP contribution in [-0.2, 0) is 19.3 Å². The van der Waals surface area contributed by atoms with Gasteiger partial charge < -0.3 is 15.2 Å². The monoisotopic (exact) mass is 352 g/mol. The molecule has 0 spiro atoms. The van der Waals surface area contributed by atoms with Gasteiger partial charge in [-0.3, -0.25) is 4.90 Å². The zero-order chi connectivity index (χ0) is 18.0. The van der Waals surface area contributed by atoms with E-state index in [9.17, 15) is 13.2 Å². The van der Waals surface area contributed by atoms with Crippen LogP contribution in [0.4, 0.5) is 13.2 Å². The quantitative estimate of drug-likeness (QED) is 0.913. The second-order valence-electron chi connectivity index (χ2n) is 5.95. The van der Waals surface area contributed by atoms with E-state index in [0.29, 0.717) is 36.9 Å². The molecule has 0 unspecified atom stereocenters. The minimum atomic E-state index is -4.37. The Kier molecular flexibility index (Phi) is 4.87. The zero-order valence-corrected chi connectivity index (χ0v) is 13.8. The van der Waals surface area contributed by atoms with E-state index >= 15 is 0 Å². The summed E-state index contributed by atoms with van der Waals surface area (Å²) >= 11 is 0. The Morgan fingerprint density at radius 3 is 2.52 bits per heavy atom. The first-order valence-electron chi connectivity index (χ1n) is 7.90. The van der Waals surface area contributed by atoms with Crippen molar-refractivity contribution < 1.29 is 22.6 Å². The van der Waals surface area contributed by atoms with Crippen molar-refractivity contribution >= 4 is 0 Å². The van der Waals surface area contributed by atoms with Crippen LogP contribution in [0, 0.1) is 0 Å². The topological polar surface area (TPSA) is 47.7 Å². The number of alkyl halides is 3. The van der Waals surface area contributed by atoms with Gasteiger partial charge in [-0.15, -0.1) is 0 Å². The summed E-state index contributed by atoms with van der Waals surface area (Å²) in [5.74, 6) is 1.39. The minimum Gasteiger partial charge on any atom is -0.488 e. The molecule has 0 amide bonds. The molecular weight excluding hydrogens is 333 g/mol. The molecule has 2 aromatic rings. The van der Waals surface area contributed by atoms with Crippen LogP contribution < -0.4 is 15.2 Å². The first-order valence-corrected chi connectivity index (χ1v) is 7.90.